The van der Waals surface area contributed by atoms with Crippen LogP contribution in [-0.4, -0.2) is 61.8 Å². The predicted molar refractivity (Wildman–Crippen MR) is 154 cm³/mol. The van der Waals surface area contributed by atoms with Crippen LogP contribution in [0.25, 0.3) is 0 Å². The van der Waals surface area contributed by atoms with Crippen molar-refractivity contribution in [3.8, 4) is 5.75 Å². The Hall–Kier alpha value is -3.48. The molecule has 2 aromatic heterocycles. The van der Waals surface area contributed by atoms with Gasteiger partial charge in [-0.25, -0.2) is 14.4 Å². The molecule has 14 heteroatoms. The maximum atomic E-state index is 15.0. The van der Waals surface area contributed by atoms with Crippen molar-refractivity contribution in [2.45, 2.75) is 64.2 Å². The highest BCUT2D eigenvalue weighted by Gasteiger charge is 2.46. The zero-order chi connectivity index (χ0) is 31.2. The average Bonchev–Trinajstić information content (AvgIpc) is 3.59. The van der Waals surface area contributed by atoms with Crippen LogP contribution in [-0.2, 0) is 29.5 Å². The number of fused-ring (bicyclic) bond motifs is 1. The Balaban J connectivity index is 0.958. The van der Waals surface area contributed by atoms with E-state index in [1.807, 2.05) is 0 Å². The zero-order valence-corrected chi connectivity index (χ0v) is 25.3. The molecule has 2 aliphatic heterocycles. The number of carbonyl (C=O) groups is 1. The molecule has 236 valence electrons. The third-order valence-electron chi connectivity index (χ3n) is 8.99. The van der Waals surface area contributed by atoms with Gasteiger partial charge in [0.05, 0.1) is 42.5 Å². The second-order valence-electron chi connectivity index (χ2n) is 12.6. The number of alkyl halides is 3. The molecule has 1 aliphatic carbocycles. The van der Waals surface area contributed by atoms with Crippen molar-refractivity contribution >= 4 is 23.5 Å². The number of anilines is 1. The molecule has 2 fully saturated rings. The quantitative estimate of drug-likeness (QED) is 0.301. The van der Waals surface area contributed by atoms with Gasteiger partial charge in [-0.3, -0.25) is 9.36 Å². The number of nitrogens with zero attached hydrogens (tertiary/aromatic N) is 7. The fourth-order valence-electron chi connectivity index (χ4n) is 6.72. The summed E-state index contributed by atoms with van der Waals surface area (Å²) in [6.45, 7) is 5.40. The summed E-state index contributed by atoms with van der Waals surface area (Å²) in [5, 5.41) is 7.52. The Morgan fingerprint density at radius 3 is 2.55 bits per heavy atom. The molecule has 4 heterocycles. The van der Waals surface area contributed by atoms with Crippen LogP contribution in [0.15, 0.2) is 30.6 Å². The van der Waals surface area contributed by atoms with Crippen LogP contribution in [0.4, 0.5) is 23.5 Å². The van der Waals surface area contributed by atoms with Gasteiger partial charge in [-0.15, -0.1) is 10.2 Å². The van der Waals surface area contributed by atoms with Gasteiger partial charge in [-0.1, -0.05) is 17.7 Å². The van der Waals surface area contributed by atoms with Crippen molar-refractivity contribution in [3.05, 3.63) is 58.6 Å². The second-order valence-corrected chi connectivity index (χ2v) is 13.0. The average molecular weight is 636 g/mol. The first-order valence-electron chi connectivity index (χ1n) is 14.8. The lowest BCUT2D eigenvalue weighted by Gasteiger charge is -2.40. The summed E-state index contributed by atoms with van der Waals surface area (Å²) in [5.41, 5.74) is -0.890. The molecular formula is C30H34ClF4N7O2. The largest absolute Gasteiger partial charge is 0.493 e. The first-order valence-corrected chi connectivity index (χ1v) is 15.2. The molecule has 0 bridgehead atoms. The number of hydrogen-bond acceptors (Lipinski definition) is 7. The number of amides is 1. The molecule has 1 saturated carbocycles. The fraction of sp³-hybridized carbons (Fsp3) is 0.567. The van der Waals surface area contributed by atoms with E-state index in [1.165, 1.54) is 23.5 Å². The van der Waals surface area contributed by atoms with Crippen molar-refractivity contribution in [1.29, 1.82) is 0 Å². The lowest BCUT2D eigenvalue weighted by atomic mass is 9.90. The number of aromatic nitrogens is 5. The van der Waals surface area contributed by atoms with E-state index in [9.17, 15) is 22.4 Å². The molecule has 1 saturated heterocycles. The Bertz CT molecular complexity index is 1510. The topological polar surface area (TPSA) is 89.3 Å². The number of rotatable bonds is 8. The van der Waals surface area contributed by atoms with E-state index in [0.29, 0.717) is 35.1 Å². The summed E-state index contributed by atoms with van der Waals surface area (Å²) in [5.74, 6) is 1.08. The number of benzene rings is 1. The summed E-state index contributed by atoms with van der Waals surface area (Å²) in [6, 6.07) is 4.46. The van der Waals surface area contributed by atoms with E-state index in [-0.39, 0.29) is 30.9 Å². The van der Waals surface area contributed by atoms with E-state index >= 15 is 0 Å². The van der Waals surface area contributed by atoms with Crippen LogP contribution in [0.3, 0.4) is 0 Å². The van der Waals surface area contributed by atoms with Gasteiger partial charge in [-0.2, -0.15) is 13.2 Å². The Kier molecular flexibility index (Phi) is 8.18. The van der Waals surface area contributed by atoms with Gasteiger partial charge < -0.3 is 14.5 Å². The Morgan fingerprint density at radius 1 is 1.14 bits per heavy atom. The standard InChI is InChI=1S/C30H34ClF4N7O2/c1-29(2)17-41(16-25-38-39-27(42(25)29)30(33,34)35)26(43)12-20-3-4-22(13-24(20)32)44-10-7-19-11-23(19)18-5-8-40(9-6-18)28-36-14-21(31)15-37-28/h3-4,13-15,18-19,23H,5-12,16-17H2,1-2H3/t19-,23-/m1/s1. The van der Waals surface area contributed by atoms with Crippen LogP contribution in [0.5, 0.6) is 5.75 Å². The van der Waals surface area contributed by atoms with Gasteiger partial charge in [-0.05, 0) is 68.9 Å². The SMILES string of the molecule is CC1(C)CN(C(=O)Cc2ccc(OCC[C@@H]3C[C@@H]3C3CCN(c4ncc(Cl)cn4)CC3)cc2F)Cc2nnc(C(F)(F)F)n21. The van der Waals surface area contributed by atoms with Crippen LogP contribution in [0, 0.1) is 23.6 Å². The predicted octanol–water partition coefficient (Wildman–Crippen LogP) is 5.52. The third kappa shape index (κ3) is 6.47. The van der Waals surface area contributed by atoms with E-state index in [4.69, 9.17) is 16.3 Å². The van der Waals surface area contributed by atoms with Crippen LogP contribution < -0.4 is 9.64 Å². The van der Waals surface area contributed by atoms with Gasteiger partial charge >= 0.3 is 6.18 Å². The first-order chi connectivity index (χ1) is 20.9. The molecule has 0 unspecified atom stereocenters. The van der Waals surface area contributed by atoms with Crippen molar-refractivity contribution in [1.82, 2.24) is 29.6 Å². The van der Waals surface area contributed by atoms with Crippen molar-refractivity contribution in [2.24, 2.45) is 17.8 Å². The molecule has 1 aromatic carbocycles. The van der Waals surface area contributed by atoms with Gasteiger partial charge in [0.1, 0.15) is 11.6 Å². The summed E-state index contributed by atoms with van der Waals surface area (Å²) >= 11 is 5.90. The molecule has 2 atom stereocenters. The van der Waals surface area contributed by atoms with E-state index in [0.717, 1.165) is 42.9 Å². The molecule has 6 rings (SSSR count). The highest BCUT2D eigenvalue weighted by atomic mass is 35.5. The van der Waals surface area contributed by atoms with Crippen LogP contribution in [0.1, 0.15) is 56.7 Å². The molecule has 0 N–H and O–H groups in total. The second kappa shape index (κ2) is 11.8. The zero-order valence-electron chi connectivity index (χ0n) is 24.5. The number of carbonyl (C=O) groups excluding carboxylic acids is 1. The minimum absolute atomic E-state index is 0.0147. The highest BCUT2D eigenvalue weighted by molar-refractivity contribution is 6.30. The number of piperidine rings is 1. The van der Waals surface area contributed by atoms with Crippen molar-refractivity contribution in [3.63, 3.8) is 0 Å². The van der Waals surface area contributed by atoms with E-state index in [2.05, 4.69) is 25.1 Å². The maximum Gasteiger partial charge on any atom is 0.451 e. The summed E-state index contributed by atoms with van der Waals surface area (Å²) < 4.78 is 62.0. The molecule has 44 heavy (non-hydrogen) atoms. The maximum absolute atomic E-state index is 15.0. The minimum Gasteiger partial charge on any atom is -0.493 e. The Morgan fingerprint density at radius 2 is 1.86 bits per heavy atom. The molecular weight excluding hydrogens is 602 g/mol. The number of halogens is 5. The number of ether oxygens (including phenoxy) is 1. The van der Waals surface area contributed by atoms with E-state index in [1.54, 1.807) is 32.3 Å². The molecule has 0 spiro atoms. The van der Waals surface area contributed by atoms with Gasteiger partial charge in [0.2, 0.25) is 17.7 Å². The Labute approximate surface area is 257 Å². The van der Waals surface area contributed by atoms with Crippen LogP contribution >= 0.6 is 11.6 Å². The summed E-state index contributed by atoms with van der Waals surface area (Å²) in [4.78, 5) is 25.3. The smallest absolute Gasteiger partial charge is 0.451 e. The van der Waals surface area contributed by atoms with Gasteiger partial charge in [0.25, 0.3) is 0 Å². The lowest BCUT2D eigenvalue weighted by Crippen LogP contribution is -2.50. The molecule has 3 aliphatic rings. The highest BCUT2D eigenvalue weighted by Crippen LogP contribution is 2.50. The fourth-order valence-corrected chi connectivity index (χ4v) is 6.82. The van der Waals surface area contributed by atoms with Crippen LogP contribution in [0.2, 0.25) is 5.02 Å². The number of hydrogen-bond donors (Lipinski definition) is 0. The summed E-state index contributed by atoms with van der Waals surface area (Å²) in [6.07, 6.45) is 2.64. The normalized spacial score (nSPS) is 21.7. The molecule has 1 amide bonds. The minimum atomic E-state index is -4.66. The third-order valence-corrected chi connectivity index (χ3v) is 9.18. The summed E-state index contributed by atoms with van der Waals surface area (Å²) in [7, 11) is 0. The van der Waals surface area contributed by atoms with Crippen molar-refractivity contribution < 1.29 is 27.1 Å². The van der Waals surface area contributed by atoms with Gasteiger partial charge in [0.15, 0.2) is 5.82 Å². The molecule has 0 radical (unpaired) electrons. The lowest BCUT2D eigenvalue weighted by molar-refractivity contribution is -0.151. The first kappa shape index (κ1) is 30.5. The monoisotopic (exact) mass is 635 g/mol. The molecule has 3 aromatic rings. The van der Waals surface area contributed by atoms with Gasteiger partial charge in [0, 0.05) is 25.7 Å². The van der Waals surface area contributed by atoms with Crippen molar-refractivity contribution in [2.75, 3.05) is 31.1 Å². The molecule has 9 nitrogen and oxygen atoms in total. The van der Waals surface area contributed by atoms with E-state index < -0.39 is 29.3 Å².